The number of oxime groups is 1. The third-order valence-electron chi connectivity index (χ3n) is 2.11. The molecule has 0 fully saturated rings. The van der Waals surface area contributed by atoms with E-state index >= 15 is 0 Å². The molecule has 0 aliphatic carbocycles. The molecule has 0 aliphatic rings. The predicted octanol–water partition coefficient (Wildman–Crippen LogP) is 2.04. The zero-order chi connectivity index (χ0) is 12.1. The Bertz CT molecular complexity index is 394. The third kappa shape index (κ3) is 3.38. The summed E-state index contributed by atoms with van der Waals surface area (Å²) in [4.78, 5) is 17.2. The second-order valence-corrected chi connectivity index (χ2v) is 3.70. The topological polar surface area (TPSA) is 41.9 Å². The number of benzene rings is 1. The van der Waals surface area contributed by atoms with E-state index in [0.29, 0.717) is 5.71 Å². The lowest BCUT2D eigenvalue weighted by Gasteiger charge is -2.12. The number of nitrogens with zero attached hydrogens (tertiary/aromatic N) is 2. The maximum absolute atomic E-state index is 10.6. The normalized spacial score (nSPS) is 11.1. The fourth-order valence-corrected chi connectivity index (χ4v) is 1.19. The molecule has 0 saturated heterocycles. The van der Waals surface area contributed by atoms with Gasteiger partial charge in [0.05, 0.1) is 5.71 Å². The summed E-state index contributed by atoms with van der Waals surface area (Å²) < 4.78 is 0. The van der Waals surface area contributed by atoms with E-state index in [4.69, 9.17) is 0 Å². The van der Waals surface area contributed by atoms with Crippen LogP contribution >= 0.6 is 0 Å². The zero-order valence-corrected chi connectivity index (χ0v) is 10.0. The molecule has 0 aromatic heterocycles. The Hall–Kier alpha value is -1.84. The Morgan fingerprint density at radius 1 is 1.19 bits per heavy atom. The van der Waals surface area contributed by atoms with Crippen LogP contribution in [0.4, 0.5) is 5.69 Å². The summed E-state index contributed by atoms with van der Waals surface area (Å²) in [7, 11) is 3.96. The molecule has 0 atom stereocenters. The number of hydrogen-bond acceptors (Lipinski definition) is 4. The molecule has 4 heteroatoms. The minimum atomic E-state index is -0.413. The highest BCUT2D eigenvalue weighted by Gasteiger charge is 2.00. The molecule has 1 rings (SSSR count). The van der Waals surface area contributed by atoms with Gasteiger partial charge in [-0.15, -0.1) is 0 Å². The predicted molar refractivity (Wildman–Crippen MR) is 64.7 cm³/mol. The highest BCUT2D eigenvalue weighted by molar-refractivity contribution is 5.98. The van der Waals surface area contributed by atoms with Crippen molar-refractivity contribution in [3.05, 3.63) is 29.8 Å². The van der Waals surface area contributed by atoms with Gasteiger partial charge < -0.3 is 9.74 Å². The molecule has 0 radical (unpaired) electrons. The SMILES string of the molecule is CC(=O)ON=C(C)c1ccc(N(C)C)cc1. The van der Waals surface area contributed by atoms with Gasteiger partial charge in [0.1, 0.15) is 0 Å². The fourth-order valence-electron chi connectivity index (χ4n) is 1.19. The van der Waals surface area contributed by atoms with Gasteiger partial charge in [-0.1, -0.05) is 17.3 Å². The van der Waals surface area contributed by atoms with Gasteiger partial charge in [0.25, 0.3) is 0 Å². The minimum absolute atomic E-state index is 0.413. The Labute approximate surface area is 95.5 Å². The van der Waals surface area contributed by atoms with Crippen molar-refractivity contribution < 1.29 is 9.63 Å². The highest BCUT2D eigenvalue weighted by Crippen LogP contribution is 2.12. The van der Waals surface area contributed by atoms with Crippen LogP contribution in [0.15, 0.2) is 29.4 Å². The Kier molecular flexibility index (Phi) is 4.05. The summed E-state index contributed by atoms with van der Waals surface area (Å²) in [6.07, 6.45) is 0. The van der Waals surface area contributed by atoms with Crippen LogP contribution in [0, 0.1) is 0 Å². The lowest BCUT2D eigenvalue weighted by molar-refractivity contribution is -0.140. The van der Waals surface area contributed by atoms with E-state index in [0.717, 1.165) is 11.3 Å². The molecule has 0 bridgehead atoms. The molecule has 0 heterocycles. The third-order valence-corrected chi connectivity index (χ3v) is 2.11. The van der Waals surface area contributed by atoms with Gasteiger partial charge >= 0.3 is 5.97 Å². The summed E-state index contributed by atoms with van der Waals surface area (Å²) in [5.74, 6) is -0.413. The zero-order valence-electron chi connectivity index (χ0n) is 10.0. The first kappa shape index (κ1) is 12.2. The van der Waals surface area contributed by atoms with E-state index in [1.165, 1.54) is 6.92 Å². The second kappa shape index (κ2) is 5.30. The highest BCUT2D eigenvalue weighted by atomic mass is 16.7. The smallest absolute Gasteiger partial charge is 0.331 e. The van der Waals surface area contributed by atoms with Crippen molar-refractivity contribution in [3.63, 3.8) is 0 Å². The van der Waals surface area contributed by atoms with Crippen LogP contribution in [0.3, 0.4) is 0 Å². The van der Waals surface area contributed by atoms with Crippen molar-refractivity contribution in [2.24, 2.45) is 5.16 Å². The molecule has 0 saturated carbocycles. The lowest BCUT2D eigenvalue weighted by atomic mass is 10.1. The van der Waals surface area contributed by atoms with Gasteiger partial charge in [0, 0.05) is 26.7 Å². The number of rotatable bonds is 3. The van der Waals surface area contributed by atoms with Crippen LogP contribution in [0.5, 0.6) is 0 Å². The van der Waals surface area contributed by atoms with Crippen molar-refractivity contribution in [1.29, 1.82) is 0 Å². The fraction of sp³-hybridized carbons (Fsp3) is 0.333. The average Bonchev–Trinajstić information content (AvgIpc) is 2.26. The molecule has 1 aromatic rings. The average molecular weight is 220 g/mol. The summed E-state index contributed by atoms with van der Waals surface area (Å²) in [5.41, 5.74) is 2.73. The van der Waals surface area contributed by atoms with Gasteiger partial charge in [0.2, 0.25) is 0 Å². The molecule has 16 heavy (non-hydrogen) atoms. The van der Waals surface area contributed by atoms with Crippen LogP contribution in [-0.2, 0) is 9.63 Å². The summed E-state index contributed by atoms with van der Waals surface area (Å²) in [6, 6.07) is 7.86. The lowest BCUT2D eigenvalue weighted by Crippen LogP contribution is -2.08. The first-order valence-electron chi connectivity index (χ1n) is 5.00. The van der Waals surface area contributed by atoms with E-state index in [1.54, 1.807) is 6.92 Å². The van der Waals surface area contributed by atoms with Crippen molar-refractivity contribution in [3.8, 4) is 0 Å². The number of hydrogen-bond donors (Lipinski definition) is 0. The molecular weight excluding hydrogens is 204 g/mol. The Morgan fingerprint density at radius 2 is 1.75 bits per heavy atom. The molecular formula is C12H16N2O2. The van der Waals surface area contributed by atoms with E-state index in [2.05, 4.69) is 9.99 Å². The molecule has 0 spiro atoms. The van der Waals surface area contributed by atoms with Crippen molar-refractivity contribution >= 4 is 17.4 Å². The van der Waals surface area contributed by atoms with Crippen molar-refractivity contribution in [2.45, 2.75) is 13.8 Å². The molecule has 0 aliphatic heterocycles. The molecule has 0 amide bonds. The van der Waals surface area contributed by atoms with Crippen molar-refractivity contribution in [1.82, 2.24) is 0 Å². The molecule has 86 valence electrons. The van der Waals surface area contributed by atoms with E-state index in [9.17, 15) is 4.79 Å². The van der Waals surface area contributed by atoms with Gasteiger partial charge in [-0.05, 0) is 24.6 Å². The minimum Gasteiger partial charge on any atom is -0.378 e. The summed E-state index contributed by atoms with van der Waals surface area (Å²) >= 11 is 0. The standard InChI is InChI=1S/C12H16N2O2/c1-9(13-16-10(2)15)11-5-7-12(8-6-11)14(3)4/h5-8H,1-4H3. The monoisotopic (exact) mass is 220 g/mol. The van der Waals surface area contributed by atoms with Crippen LogP contribution in [-0.4, -0.2) is 25.8 Å². The van der Waals surface area contributed by atoms with Crippen LogP contribution in [0.1, 0.15) is 19.4 Å². The molecule has 1 aromatic carbocycles. The number of anilines is 1. The summed E-state index contributed by atoms with van der Waals surface area (Å²) in [5, 5.41) is 3.72. The van der Waals surface area contributed by atoms with Crippen molar-refractivity contribution in [2.75, 3.05) is 19.0 Å². The first-order valence-corrected chi connectivity index (χ1v) is 5.00. The largest absolute Gasteiger partial charge is 0.378 e. The summed E-state index contributed by atoms with van der Waals surface area (Å²) in [6.45, 7) is 3.12. The quantitative estimate of drug-likeness (QED) is 0.444. The number of carbonyl (C=O) groups is 1. The second-order valence-electron chi connectivity index (χ2n) is 3.70. The Balaban J connectivity index is 2.81. The van der Waals surface area contributed by atoms with Crippen LogP contribution in [0.2, 0.25) is 0 Å². The maximum atomic E-state index is 10.6. The van der Waals surface area contributed by atoms with E-state index < -0.39 is 5.97 Å². The van der Waals surface area contributed by atoms with E-state index in [1.807, 2.05) is 43.3 Å². The maximum Gasteiger partial charge on any atom is 0.331 e. The number of carbonyl (C=O) groups excluding carboxylic acids is 1. The van der Waals surface area contributed by atoms with E-state index in [-0.39, 0.29) is 0 Å². The van der Waals surface area contributed by atoms with Crippen LogP contribution < -0.4 is 4.90 Å². The first-order chi connectivity index (χ1) is 7.50. The van der Waals surface area contributed by atoms with Crippen LogP contribution in [0.25, 0.3) is 0 Å². The molecule has 0 N–H and O–H groups in total. The van der Waals surface area contributed by atoms with Gasteiger partial charge in [-0.25, -0.2) is 4.79 Å². The van der Waals surface area contributed by atoms with Gasteiger partial charge in [-0.2, -0.15) is 0 Å². The molecule has 4 nitrogen and oxygen atoms in total. The van der Waals surface area contributed by atoms with Gasteiger partial charge in [-0.3, -0.25) is 0 Å². The molecule has 0 unspecified atom stereocenters. The van der Waals surface area contributed by atoms with Gasteiger partial charge in [0.15, 0.2) is 0 Å². The Morgan fingerprint density at radius 3 is 2.19 bits per heavy atom.